The summed E-state index contributed by atoms with van der Waals surface area (Å²) >= 11 is 0. The lowest BCUT2D eigenvalue weighted by atomic mass is 10.1. The summed E-state index contributed by atoms with van der Waals surface area (Å²) in [7, 11) is -3.56. The van der Waals surface area contributed by atoms with Gasteiger partial charge in [-0.15, -0.1) is 0 Å². The topological polar surface area (TPSA) is 65.7 Å². The summed E-state index contributed by atoms with van der Waals surface area (Å²) in [5, 5.41) is 0.834. The van der Waals surface area contributed by atoms with Crippen LogP contribution >= 0.6 is 0 Å². The summed E-state index contributed by atoms with van der Waals surface area (Å²) < 4.78 is 39.1. The molecule has 1 aromatic carbocycles. The molecule has 0 N–H and O–H groups in total. The molecular weight excluding hydrogens is 304 g/mol. The van der Waals surface area contributed by atoms with Crippen LogP contribution in [0.15, 0.2) is 16.5 Å². The Morgan fingerprint density at radius 1 is 1.18 bits per heavy atom. The normalized spacial score (nSPS) is 12.1. The molecule has 0 unspecified atom stereocenters. The average Bonchev–Trinajstić information content (AvgIpc) is 2.69. The van der Waals surface area contributed by atoms with E-state index in [4.69, 9.17) is 13.3 Å². The smallest absolute Gasteiger partial charge is 0.306 e. The van der Waals surface area contributed by atoms with Gasteiger partial charge in [0.05, 0.1) is 12.9 Å². The molecule has 0 aliphatic rings. The monoisotopic (exact) mass is 326 g/mol. The molecule has 0 atom stereocenters. The second-order valence-corrected chi connectivity index (χ2v) is 7.47. The Morgan fingerprint density at radius 3 is 2.45 bits per heavy atom. The third-order valence-electron chi connectivity index (χ3n) is 3.43. The van der Waals surface area contributed by atoms with Crippen LogP contribution in [0.1, 0.15) is 31.4 Å². The lowest BCUT2D eigenvalue weighted by Gasteiger charge is -2.07. The minimum absolute atomic E-state index is 0.313. The summed E-state index contributed by atoms with van der Waals surface area (Å²) in [6, 6.07) is 3.30. The largest absolute Gasteiger partial charge is 0.465 e. The Bertz CT molecular complexity index is 771. The zero-order valence-corrected chi connectivity index (χ0v) is 14.4. The summed E-state index contributed by atoms with van der Waals surface area (Å²) in [6.45, 7) is 8.56. The maximum absolute atomic E-state index is 11.3. The second-order valence-electron chi connectivity index (χ2n) is 5.89. The maximum atomic E-state index is 11.3. The van der Waals surface area contributed by atoms with Crippen molar-refractivity contribution in [1.82, 2.24) is 0 Å². The molecule has 1 heterocycles. The predicted octanol–water partition coefficient (Wildman–Crippen LogP) is 3.81. The van der Waals surface area contributed by atoms with E-state index in [-0.39, 0.29) is 0 Å². The molecule has 1 aromatic heterocycles. The molecule has 0 amide bonds. The molecule has 0 aliphatic heterocycles. The number of hydrogen-bond acceptors (Lipinski definition) is 5. The third-order valence-corrected chi connectivity index (χ3v) is 3.91. The van der Waals surface area contributed by atoms with E-state index < -0.39 is 10.1 Å². The highest BCUT2D eigenvalue weighted by Crippen LogP contribution is 2.37. The zero-order valence-electron chi connectivity index (χ0n) is 13.6. The van der Waals surface area contributed by atoms with Crippen molar-refractivity contribution in [2.75, 3.05) is 12.9 Å². The number of aryl methyl sites for hydroxylation is 2. The van der Waals surface area contributed by atoms with E-state index >= 15 is 0 Å². The molecule has 22 heavy (non-hydrogen) atoms. The quantitative estimate of drug-likeness (QED) is 0.755. The maximum Gasteiger partial charge on any atom is 0.306 e. The predicted molar refractivity (Wildman–Crippen MR) is 86.1 cm³/mol. The molecule has 0 radical (unpaired) electrons. The van der Waals surface area contributed by atoms with Gasteiger partial charge in [0.15, 0.2) is 0 Å². The standard InChI is InChI=1S/C16H22O5S/c1-10(2)8-9-19-16-12(4)15-11(3)13(21-22(5,17)18)6-7-14(15)20-16/h6-7,10H,8-9H2,1-5H3. The molecule has 0 fully saturated rings. The van der Waals surface area contributed by atoms with Gasteiger partial charge in [-0.3, -0.25) is 0 Å². The van der Waals surface area contributed by atoms with E-state index in [1.165, 1.54) is 0 Å². The van der Waals surface area contributed by atoms with Crippen molar-refractivity contribution in [2.24, 2.45) is 5.92 Å². The average molecular weight is 326 g/mol. The Kier molecular flexibility index (Phi) is 4.70. The van der Waals surface area contributed by atoms with Crippen molar-refractivity contribution >= 4 is 21.1 Å². The fraction of sp³-hybridized carbons (Fsp3) is 0.500. The Morgan fingerprint density at radius 2 is 1.86 bits per heavy atom. The fourth-order valence-corrected chi connectivity index (χ4v) is 2.78. The van der Waals surface area contributed by atoms with E-state index in [1.54, 1.807) is 12.1 Å². The first kappa shape index (κ1) is 16.7. The van der Waals surface area contributed by atoms with Crippen molar-refractivity contribution in [3.05, 3.63) is 23.3 Å². The number of benzene rings is 1. The van der Waals surface area contributed by atoms with Gasteiger partial charge < -0.3 is 13.3 Å². The van der Waals surface area contributed by atoms with Crippen LogP contribution in [0.5, 0.6) is 11.7 Å². The molecular formula is C16H22O5S. The van der Waals surface area contributed by atoms with Gasteiger partial charge in [-0.2, -0.15) is 8.42 Å². The van der Waals surface area contributed by atoms with Gasteiger partial charge in [-0.05, 0) is 38.3 Å². The van der Waals surface area contributed by atoms with Crippen LogP contribution in [0.2, 0.25) is 0 Å². The van der Waals surface area contributed by atoms with Crippen LogP contribution in [-0.4, -0.2) is 21.3 Å². The van der Waals surface area contributed by atoms with E-state index in [1.807, 2.05) is 13.8 Å². The lowest BCUT2D eigenvalue weighted by molar-refractivity contribution is 0.231. The van der Waals surface area contributed by atoms with Crippen LogP contribution in [-0.2, 0) is 10.1 Å². The molecule has 0 spiro atoms. The van der Waals surface area contributed by atoms with Crippen molar-refractivity contribution in [1.29, 1.82) is 0 Å². The van der Waals surface area contributed by atoms with Gasteiger partial charge in [-0.1, -0.05) is 13.8 Å². The van der Waals surface area contributed by atoms with E-state index in [2.05, 4.69) is 13.8 Å². The van der Waals surface area contributed by atoms with Crippen LogP contribution < -0.4 is 8.92 Å². The van der Waals surface area contributed by atoms with Gasteiger partial charge in [0.25, 0.3) is 5.95 Å². The summed E-state index contributed by atoms with van der Waals surface area (Å²) in [6.07, 6.45) is 1.97. The third kappa shape index (κ3) is 3.74. The van der Waals surface area contributed by atoms with E-state index in [9.17, 15) is 8.42 Å². The number of hydrogen-bond donors (Lipinski definition) is 0. The molecule has 6 heteroatoms. The summed E-state index contributed by atoms with van der Waals surface area (Å²) in [4.78, 5) is 0. The number of ether oxygens (including phenoxy) is 1. The summed E-state index contributed by atoms with van der Waals surface area (Å²) in [5.74, 6) is 1.35. The molecule has 0 saturated heterocycles. The Hall–Kier alpha value is -1.69. The van der Waals surface area contributed by atoms with Gasteiger partial charge in [0.2, 0.25) is 0 Å². The SMILES string of the molecule is Cc1c(OS(C)(=O)=O)ccc2oc(OCCC(C)C)c(C)c12. The first-order valence-electron chi connectivity index (χ1n) is 7.24. The first-order valence-corrected chi connectivity index (χ1v) is 9.05. The second kappa shape index (κ2) is 6.20. The van der Waals surface area contributed by atoms with Crippen LogP contribution in [0.25, 0.3) is 11.0 Å². The van der Waals surface area contributed by atoms with Crippen LogP contribution in [0, 0.1) is 19.8 Å². The first-order chi connectivity index (χ1) is 10.2. The zero-order chi connectivity index (χ0) is 16.5. The van der Waals surface area contributed by atoms with Gasteiger partial charge in [0, 0.05) is 16.5 Å². The van der Waals surface area contributed by atoms with Crippen molar-refractivity contribution in [2.45, 2.75) is 34.1 Å². The Labute approximate surface area is 131 Å². The minimum atomic E-state index is -3.56. The van der Waals surface area contributed by atoms with E-state index in [0.29, 0.717) is 29.8 Å². The molecule has 2 rings (SSSR count). The highest BCUT2D eigenvalue weighted by atomic mass is 32.2. The molecule has 0 bridgehead atoms. The number of rotatable bonds is 6. The van der Waals surface area contributed by atoms with Gasteiger partial charge in [-0.25, -0.2) is 0 Å². The van der Waals surface area contributed by atoms with Crippen molar-refractivity contribution < 1.29 is 21.8 Å². The van der Waals surface area contributed by atoms with Crippen LogP contribution in [0.4, 0.5) is 0 Å². The van der Waals surface area contributed by atoms with Gasteiger partial charge >= 0.3 is 10.1 Å². The molecule has 2 aromatic rings. The molecule has 0 aliphatic carbocycles. The molecule has 0 saturated carbocycles. The number of furan rings is 1. The fourth-order valence-electron chi connectivity index (χ4n) is 2.28. The molecule has 122 valence electrons. The van der Waals surface area contributed by atoms with Gasteiger partial charge in [0.1, 0.15) is 11.3 Å². The lowest BCUT2D eigenvalue weighted by Crippen LogP contribution is -2.06. The Balaban J connectivity index is 2.36. The minimum Gasteiger partial charge on any atom is -0.465 e. The summed E-state index contributed by atoms with van der Waals surface area (Å²) in [5.41, 5.74) is 2.24. The number of fused-ring (bicyclic) bond motifs is 1. The highest BCUT2D eigenvalue weighted by Gasteiger charge is 2.18. The van der Waals surface area contributed by atoms with E-state index in [0.717, 1.165) is 29.2 Å². The highest BCUT2D eigenvalue weighted by molar-refractivity contribution is 7.86. The van der Waals surface area contributed by atoms with Crippen LogP contribution in [0.3, 0.4) is 0 Å². The van der Waals surface area contributed by atoms with Crippen molar-refractivity contribution in [3.8, 4) is 11.7 Å². The van der Waals surface area contributed by atoms with Crippen molar-refractivity contribution in [3.63, 3.8) is 0 Å². The molecule has 5 nitrogen and oxygen atoms in total.